The van der Waals surface area contributed by atoms with Crippen molar-refractivity contribution in [1.82, 2.24) is 0 Å². The van der Waals surface area contributed by atoms with Crippen LogP contribution in [0.15, 0.2) is 24.3 Å². The van der Waals surface area contributed by atoms with Gasteiger partial charge in [-0.2, -0.15) is 18.1 Å². The Morgan fingerprint density at radius 2 is 1.86 bits per heavy atom. The second-order valence-corrected chi connectivity index (χ2v) is 4.35. The molecule has 0 spiro atoms. The second-order valence-electron chi connectivity index (χ2n) is 4.35. The van der Waals surface area contributed by atoms with Crippen LogP contribution in [0.4, 0.5) is 0 Å². The summed E-state index contributed by atoms with van der Waals surface area (Å²) in [5.41, 5.74) is 3.13. The molecule has 1 heteroatoms. The Labute approximate surface area is 98.3 Å². The maximum atomic E-state index is 2.50. The van der Waals surface area contributed by atoms with Gasteiger partial charge in [0.25, 0.3) is 0 Å². The van der Waals surface area contributed by atoms with Crippen molar-refractivity contribution in [2.24, 2.45) is 5.92 Å². The summed E-state index contributed by atoms with van der Waals surface area (Å²) < 4.78 is 0. The Morgan fingerprint density at radius 1 is 1.07 bits per heavy atom. The molecule has 1 saturated carbocycles. The van der Waals surface area contributed by atoms with E-state index in [9.17, 15) is 0 Å². The molecule has 2 atom stereocenters. The molecular weight excluding hydrogens is 163 g/mol. The number of fused-ring (bicyclic) bond motifs is 3. The standard InChI is InChI=1S/C13H15.Li/c1-3-7-12-10(5-1)9-11-6-2-4-8-13(11)12;/h1,3,5,7,9,11,13H,2,4,6,8H2;/q-1;+1. The maximum absolute atomic E-state index is 2.50. The zero-order chi connectivity index (χ0) is 8.67. The fourth-order valence-corrected chi connectivity index (χ4v) is 2.98. The molecule has 0 saturated heterocycles. The first-order valence-corrected chi connectivity index (χ1v) is 5.39. The Morgan fingerprint density at radius 3 is 2.79 bits per heavy atom. The SMILES string of the molecule is [Li+].c1ccc2c(c1)[CH-]C1CCCCC21. The van der Waals surface area contributed by atoms with Crippen LogP contribution >= 0.6 is 0 Å². The van der Waals surface area contributed by atoms with Crippen LogP contribution in [-0.4, -0.2) is 0 Å². The van der Waals surface area contributed by atoms with E-state index in [4.69, 9.17) is 0 Å². The van der Waals surface area contributed by atoms with Gasteiger partial charge in [0.05, 0.1) is 0 Å². The molecule has 2 aliphatic carbocycles. The molecule has 0 radical (unpaired) electrons. The number of hydrogen-bond acceptors (Lipinski definition) is 0. The third kappa shape index (κ3) is 1.51. The molecule has 3 rings (SSSR count). The van der Waals surface area contributed by atoms with Crippen molar-refractivity contribution < 1.29 is 18.9 Å². The van der Waals surface area contributed by atoms with Gasteiger partial charge in [0.2, 0.25) is 0 Å². The van der Waals surface area contributed by atoms with Crippen LogP contribution in [0, 0.1) is 12.3 Å². The quantitative estimate of drug-likeness (QED) is 0.401. The van der Waals surface area contributed by atoms with Crippen molar-refractivity contribution in [3.63, 3.8) is 0 Å². The van der Waals surface area contributed by atoms with E-state index in [2.05, 4.69) is 30.7 Å². The van der Waals surface area contributed by atoms with Crippen molar-refractivity contribution in [1.29, 1.82) is 0 Å². The fourth-order valence-electron chi connectivity index (χ4n) is 2.98. The minimum absolute atomic E-state index is 0. The predicted octanol–water partition coefficient (Wildman–Crippen LogP) is 0.530. The van der Waals surface area contributed by atoms with Crippen molar-refractivity contribution in [3.05, 3.63) is 41.8 Å². The van der Waals surface area contributed by atoms with E-state index in [-0.39, 0.29) is 18.9 Å². The molecule has 0 heterocycles. The summed E-state index contributed by atoms with van der Waals surface area (Å²) in [5.74, 6) is 1.73. The Kier molecular flexibility index (Phi) is 2.95. The monoisotopic (exact) mass is 178 g/mol. The van der Waals surface area contributed by atoms with Crippen LogP contribution in [0.25, 0.3) is 0 Å². The molecule has 0 aromatic heterocycles. The van der Waals surface area contributed by atoms with Crippen LogP contribution in [0.1, 0.15) is 42.7 Å². The predicted molar refractivity (Wildman–Crippen MR) is 54.5 cm³/mol. The van der Waals surface area contributed by atoms with Crippen LogP contribution in [0.2, 0.25) is 0 Å². The first-order chi connectivity index (χ1) is 6.45. The van der Waals surface area contributed by atoms with Crippen molar-refractivity contribution in [2.75, 3.05) is 0 Å². The third-order valence-corrected chi connectivity index (χ3v) is 3.61. The third-order valence-electron chi connectivity index (χ3n) is 3.61. The van der Waals surface area contributed by atoms with E-state index in [0.717, 1.165) is 11.8 Å². The van der Waals surface area contributed by atoms with E-state index in [1.807, 2.05) is 0 Å². The number of hydrogen-bond donors (Lipinski definition) is 0. The van der Waals surface area contributed by atoms with Gasteiger partial charge in [-0.15, -0.1) is 17.7 Å². The zero-order valence-electron chi connectivity index (χ0n) is 8.87. The van der Waals surface area contributed by atoms with Gasteiger partial charge >= 0.3 is 18.9 Å². The molecule has 1 aromatic rings. The molecule has 2 unspecified atom stereocenters. The van der Waals surface area contributed by atoms with E-state index in [0.29, 0.717) is 0 Å². The minimum atomic E-state index is 0. The van der Waals surface area contributed by atoms with E-state index in [1.54, 1.807) is 5.56 Å². The largest absolute Gasteiger partial charge is 1.00 e. The molecule has 1 aromatic carbocycles. The second kappa shape index (κ2) is 4.05. The zero-order valence-corrected chi connectivity index (χ0v) is 8.87. The van der Waals surface area contributed by atoms with Crippen LogP contribution in [-0.2, 0) is 0 Å². The first kappa shape index (κ1) is 10.2. The Bertz CT molecular complexity index is 319. The normalized spacial score (nSPS) is 28.3. The first-order valence-electron chi connectivity index (χ1n) is 5.39. The maximum Gasteiger partial charge on any atom is 1.00 e. The summed E-state index contributed by atoms with van der Waals surface area (Å²) in [6.45, 7) is 0. The molecule has 1 fully saturated rings. The summed E-state index contributed by atoms with van der Waals surface area (Å²) in [4.78, 5) is 0. The molecule has 0 nitrogen and oxygen atoms in total. The molecule has 14 heavy (non-hydrogen) atoms. The average Bonchev–Trinajstić information content (AvgIpc) is 2.56. The van der Waals surface area contributed by atoms with E-state index >= 15 is 0 Å². The molecule has 0 amide bonds. The van der Waals surface area contributed by atoms with Crippen molar-refractivity contribution in [3.8, 4) is 0 Å². The van der Waals surface area contributed by atoms with Gasteiger partial charge < -0.3 is 0 Å². The Balaban J connectivity index is 0.000000750. The fraction of sp³-hybridized carbons (Fsp3) is 0.462. The number of rotatable bonds is 0. The number of benzene rings is 1. The molecule has 0 N–H and O–H groups in total. The van der Waals surface area contributed by atoms with Gasteiger partial charge in [-0.3, -0.25) is 0 Å². The molecule has 0 aliphatic heterocycles. The summed E-state index contributed by atoms with van der Waals surface area (Å²) in [6, 6.07) is 8.94. The summed E-state index contributed by atoms with van der Waals surface area (Å²) in [7, 11) is 0. The summed E-state index contributed by atoms with van der Waals surface area (Å²) >= 11 is 0. The van der Waals surface area contributed by atoms with Gasteiger partial charge in [0.15, 0.2) is 0 Å². The van der Waals surface area contributed by atoms with E-state index < -0.39 is 0 Å². The molecule has 0 bridgehead atoms. The van der Waals surface area contributed by atoms with Gasteiger partial charge in [-0.1, -0.05) is 43.6 Å². The smallest absolute Gasteiger partial charge is 0.188 e. The summed E-state index contributed by atoms with van der Waals surface area (Å²) in [5, 5.41) is 0. The van der Waals surface area contributed by atoms with Gasteiger partial charge in [0.1, 0.15) is 0 Å². The van der Waals surface area contributed by atoms with Gasteiger partial charge in [-0.05, 0) is 0 Å². The van der Waals surface area contributed by atoms with Crippen LogP contribution < -0.4 is 18.9 Å². The summed E-state index contributed by atoms with van der Waals surface area (Å²) in [6.07, 6.45) is 8.20. The van der Waals surface area contributed by atoms with Crippen molar-refractivity contribution in [2.45, 2.75) is 31.6 Å². The Hall–Kier alpha value is -0.313. The van der Waals surface area contributed by atoms with Gasteiger partial charge in [-0.25, -0.2) is 0 Å². The molecular formula is C13H15Li. The average molecular weight is 178 g/mol. The van der Waals surface area contributed by atoms with E-state index in [1.165, 1.54) is 31.2 Å². The van der Waals surface area contributed by atoms with Crippen LogP contribution in [0.5, 0.6) is 0 Å². The van der Waals surface area contributed by atoms with Crippen LogP contribution in [0.3, 0.4) is 0 Å². The van der Waals surface area contributed by atoms with Gasteiger partial charge in [0, 0.05) is 0 Å². The topological polar surface area (TPSA) is 0 Å². The molecule has 2 aliphatic rings. The van der Waals surface area contributed by atoms with Crippen molar-refractivity contribution >= 4 is 0 Å². The minimum Gasteiger partial charge on any atom is -0.188 e. The molecule has 68 valence electrons.